The second-order valence-electron chi connectivity index (χ2n) is 1.27. The molecule has 0 saturated carbocycles. The van der Waals surface area contributed by atoms with Gasteiger partial charge in [0.15, 0.2) is 0 Å². The van der Waals surface area contributed by atoms with Gasteiger partial charge in [0.2, 0.25) is 0 Å². The van der Waals surface area contributed by atoms with E-state index in [9.17, 15) is 0 Å². The van der Waals surface area contributed by atoms with Crippen molar-refractivity contribution >= 4 is 18.7 Å². The Morgan fingerprint density at radius 1 is 0.175 bits per heavy atom. The number of aliphatic hydroxyl groups is 1. The Kier molecular flexibility index (Phi) is 11700. The molecule has 0 aromatic carbocycles. The first-order valence-electron chi connectivity index (χ1n) is 3.67. The number of hydrogen-bond acceptors (Lipinski definition) is 4. The number of carbonyl (C=O) groups is 3. The van der Waals surface area contributed by atoms with Crippen LogP contribution >= 0.6 is 0 Å². The van der Waals surface area contributed by atoms with Crippen molar-refractivity contribution in [2.24, 2.45) is 0 Å². The van der Waals surface area contributed by atoms with E-state index >= 15 is 0 Å². The number of carbonyl (C=O) groups excluding carboxylic acids is 1. The summed E-state index contributed by atoms with van der Waals surface area (Å²) in [6.45, 7) is 7.53. The fourth-order valence-corrected chi connectivity index (χ4v) is 0. The molecule has 0 aliphatic rings. The first kappa shape index (κ1) is 1130. The Balaban J connectivity index is -0.0000000000793. The molecule has 0 rings (SSSR count). The third kappa shape index (κ3) is 1470. The Morgan fingerprint density at radius 3 is 0.175 bits per heavy atom. The predicted octanol–water partition coefficient (Wildman–Crippen LogP) is 2.45. The zero-order chi connectivity index (χ0) is 13.7. The van der Waals surface area contributed by atoms with E-state index in [0.29, 0.717) is 0 Å². The van der Waals surface area contributed by atoms with Gasteiger partial charge in [0, 0.05) is 2040 Å². The smallest absolute Gasteiger partial charge is 0.300 e. The first-order chi connectivity index (χ1) is 6.97. The zero-order valence-corrected chi connectivity index (χ0v) is 294. The molecule has 0 aromatic heterocycles. The minimum Gasteiger partial charge on any atom is -0.483 e. The van der Waals surface area contributed by atoms with Gasteiger partial charge >= 0.3 is 0 Å². The molecule has 0 saturated heterocycles. The van der Waals surface area contributed by atoms with Crippen LogP contribution in [0.3, 0.4) is 0 Å². The van der Waals surface area contributed by atoms with Crippen molar-refractivity contribution in [1.82, 2.24) is 0 Å². The van der Waals surface area contributed by atoms with E-state index in [1.54, 1.807) is 6.08 Å². The normalized spacial score (nSPS) is 0.575. The summed E-state index contributed by atoms with van der Waals surface area (Å²) in [6, 6.07) is 0. The average molecular weight is 15200 g/mol. The van der Waals surface area contributed by atoms with E-state index < -0.39 is 5.97 Å². The van der Waals surface area contributed by atoms with Crippen LogP contribution < -0.4 is 0 Å². The fraction of sp³-hybridized carbons (Fsp3) is 0.583. The quantitative estimate of drug-likeness (QED) is 0.196. The molecule has 0 bridgehead atoms. The molecule has 108 heteroatoms. The molecule has 0 atom stereocenters. The topological polar surface area (TPSA) is 112 Å². The van der Waals surface area contributed by atoms with Crippen LogP contribution in [0.1, 0.15) is 43.1 Å². The van der Waals surface area contributed by atoms with Crippen LogP contribution in [0.5, 0.6) is 0 Å². The largest absolute Gasteiger partial charge is 0.483 e. The maximum atomic E-state index is 9.00. The standard InChI is InChI=1S/C3H6.C2H4O2.C2H4O.CH2O2.CH4O.3CH4.30Fe.72W/c1-3-2;1-2(3)4;1-2-3;2-1-3;1-2;;;;;;;;;;;;;;;;;;;;;;;;;;;;;;;;;;;;;;;;;;;;;;;;;;;;;;;;;;;;;;;;;;;;;;;;;;;;;;;;;;;;;;;;;;;;;;;;;;;;;;;;;/h3H,1H2,2H3;1H3,(H,3,4);2H,1H3;1H,(H,2,3);2H,1H3;3*1H4;;;;;;;;;;;;;;;;;;;;;;;;;;;;;;;;;;;;;;;;;;;;;;;;;;;;;;;;;;;;;;;;;;;;;;;;;;;;;;;;;;;;;;;;;;;;;;;;;;;;;;. The van der Waals surface area contributed by atoms with Crippen LogP contribution in [0, 0.1) is 0 Å². The molecule has 788 valence electrons. The minimum atomic E-state index is -0.833. The maximum Gasteiger partial charge on any atom is 0.300 e. The monoisotopic (exact) mass is 15200 g/mol. The summed E-state index contributed by atoms with van der Waals surface area (Å²) < 4.78 is 0. The number of aliphatic carboxylic acids is 1. The zero-order valence-electron chi connectivity index (χ0n) is 49.5. The van der Waals surface area contributed by atoms with Gasteiger partial charge in [0.1, 0.15) is 6.29 Å². The van der Waals surface area contributed by atoms with E-state index in [4.69, 9.17) is 29.7 Å². The van der Waals surface area contributed by atoms with Gasteiger partial charge in [-0.3, -0.25) is 9.59 Å². The molecule has 0 spiro atoms. The Bertz CT molecular complexity index is 268. The summed E-state index contributed by atoms with van der Waals surface area (Å²) in [4.78, 5) is 26.2. The Labute approximate surface area is 2080 Å². The van der Waals surface area contributed by atoms with E-state index in [2.05, 4.69) is 6.58 Å². The number of hydrogen-bond donors (Lipinski definition) is 3. The molecular weight excluding hydrogens is 15200 g/mol. The van der Waals surface area contributed by atoms with Crippen molar-refractivity contribution in [3.05, 3.63) is 12.7 Å². The number of allylic oxidation sites excluding steroid dienone is 1. The number of carboxylic acids is 1. The summed E-state index contributed by atoms with van der Waals surface area (Å²) >= 11 is 0. The van der Waals surface area contributed by atoms with Crippen molar-refractivity contribution in [2.75, 3.05) is 7.11 Å². The average Bonchev–Trinajstić information content (AvgIpc) is 2.09. The number of carboxylic acid groups (broad SMARTS) is 2. The second kappa shape index (κ2) is 1250. The van der Waals surface area contributed by atoms with Crippen LogP contribution in [0.4, 0.5) is 0 Å². The van der Waals surface area contributed by atoms with Crippen LogP contribution in [0.15, 0.2) is 12.7 Å². The van der Waals surface area contributed by atoms with Gasteiger partial charge in [0.05, 0.1) is 0 Å². The second-order valence-corrected chi connectivity index (χ2v) is 1.27. The third-order valence-electron chi connectivity index (χ3n) is 0. The van der Waals surface area contributed by atoms with Gasteiger partial charge < -0.3 is 20.1 Å². The molecule has 0 aromatic rings. The Morgan fingerprint density at radius 2 is 0.175 bits per heavy atom. The van der Waals surface area contributed by atoms with Crippen molar-refractivity contribution in [1.29, 1.82) is 0 Å². The third-order valence-corrected chi connectivity index (χ3v) is 0. The molecular formula is C12H32Fe30O6W72. The minimum absolute atomic E-state index is 0. The summed E-state index contributed by atoms with van der Waals surface area (Å²) in [5, 5.41) is 21.3. The number of aldehydes is 1. The van der Waals surface area contributed by atoms with E-state index in [1.807, 2.05) is 6.92 Å². The molecule has 6 nitrogen and oxygen atoms in total. The molecule has 0 amide bonds. The van der Waals surface area contributed by atoms with Crippen LogP contribution in [-0.4, -0.2) is 41.2 Å². The molecule has 0 fully saturated rings. The summed E-state index contributed by atoms with van der Waals surface area (Å²) in [5.74, 6) is -0.833. The van der Waals surface area contributed by atoms with Gasteiger partial charge in [-0.25, -0.2) is 0 Å². The number of rotatable bonds is 0. The number of aliphatic hydroxyl groups excluding tert-OH is 1. The van der Waals surface area contributed by atoms with Crippen LogP contribution in [-0.2, 0) is 2040 Å². The predicted molar refractivity (Wildman–Crippen MR) is 77.9 cm³/mol. The molecule has 3 N–H and O–H groups in total. The van der Waals surface area contributed by atoms with Gasteiger partial charge in [0.25, 0.3) is 12.4 Å². The summed E-state index contributed by atoms with van der Waals surface area (Å²) in [7, 11) is 1.00. The van der Waals surface area contributed by atoms with E-state index in [0.717, 1.165) is 20.3 Å². The van der Waals surface area contributed by atoms with Gasteiger partial charge in [-0.05, 0) is 13.8 Å². The van der Waals surface area contributed by atoms with Crippen LogP contribution in [0.2, 0.25) is 0 Å². The molecule has 0 heterocycles. The van der Waals surface area contributed by atoms with Gasteiger partial charge in [-0.1, -0.05) is 28.4 Å². The maximum absolute atomic E-state index is 9.00. The Hall–Kier alpha value is 63.5. The van der Waals surface area contributed by atoms with Crippen molar-refractivity contribution in [3.63, 3.8) is 0 Å². The van der Waals surface area contributed by atoms with E-state index in [-0.39, 0.29) is 2060 Å². The van der Waals surface area contributed by atoms with Crippen molar-refractivity contribution in [2.45, 2.75) is 43.1 Å². The van der Waals surface area contributed by atoms with Crippen LogP contribution in [0.25, 0.3) is 0 Å². The molecule has 0 radical (unpaired) electrons. The summed E-state index contributed by atoms with van der Waals surface area (Å²) in [6.07, 6.45) is 2.50. The van der Waals surface area contributed by atoms with Gasteiger partial charge in [-0.15, -0.1) is 6.58 Å². The molecule has 0 aliphatic heterocycles. The fourth-order valence-electron chi connectivity index (χ4n) is 0. The SMILES string of the molecule is C.C.C.C=CC.CC(=O)O.CC=O.CO.O=CO.[Fe].[Fe].[Fe].[Fe].[Fe].[Fe].[Fe].[Fe].[Fe].[Fe].[Fe].[Fe].[Fe].[Fe].[Fe].[Fe].[Fe].[Fe].[Fe].[Fe].[Fe].[Fe].[Fe].[Fe].[Fe].[Fe].[Fe].[Fe].[Fe].[Fe].[W].[W].[W].[W].[W].[W].[W].[W].[W].[W].[W].[W].[W].[W].[W].[W].[W].[W].[W].[W].[W].[W].[W].[W].[W].[W].[W].[W].[W].[W].[W].[W].[W].[W].[W].[W].[W].[W].[W].[W].[W].[W].[W].[W].[W].[W].[W].[W].[W].[W].[W].[W].[W].[W].[W].[W].[W].[W].[W].[W].[W].[W].[W].[W].[W].[W].[W].[W].[W].[W].[W].[W]. The molecule has 120 heavy (non-hydrogen) atoms. The summed E-state index contributed by atoms with van der Waals surface area (Å²) in [5.41, 5.74) is 0. The van der Waals surface area contributed by atoms with Crippen molar-refractivity contribution in [3.8, 4) is 0 Å². The molecule has 0 unspecified atom stereocenters. The van der Waals surface area contributed by atoms with Gasteiger partial charge in [-0.2, -0.15) is 0 Å². The van der Waals surface area contributed by atoms with Crippen molar-refractivity contribution < 1.29 is 2060 Å². The molecule has 0 aliphatic carbocycles. The first-order valence-corrected chi connectivity index (χ1v) is 3.67. The van der Waals surface area contributed by atoms with E-state index in [1.165, 1.54) is 6.92 Å².